The normalized spacial score (nSPS) is 24.7. The lowest BCUT2D eigenvalue weighted by atomic mass is 10.1. The fourth-order valence-electron chi connectivity index (χ4n) is 2.58. The zero-order valence-corrected chi connectivity index (χ0v) is 11.1. The molecular formula is C12H22Si. The minimum absolute atomic E-state index is 0.715. The van der Waals surface area contributed by atoms with Gasteiger partial charge in [-0.05, 0) is 32.3 Å². The van der Waals surface area contributed by atoms with Crippen LogP contribution in [0, 0.1) is 5.92 Å². The third-order valence-corrected chi connectivity index (χ3v) is 5.87. The van der Waals surface area contributed by atoms with E-state index in [-0.39, 0.29) is 0 Å². The highest BCUT2D eigenvalue weighted by Crippen LogP contribution is 2.40. The summed E-state index contributed by atoms with van der Waals surface area (Å²) in [5.41, 5.74) is 4.73. The number of hydrogen-bond acceptors (Lipinski definition) is 0. The van der Waals surface area contributed by atoms with Gasteiger partial charge >= 0.3 is 0 Å². The Kier molecular flexibility index (Phi) is 2.59. The quantitative estimate of drug-likeness (QED) is 0.550. The van der Waals surface area contributed by atoms with Crippen LogP contribution >= 0.6 is 0 Å². The Morgan fingerprint density at radius 1 is 0.923 bits per heavy atom. The lowest BCUT2D eigenvalue weighted by Crippen LogP contribution is -2.28. The van der Waals surface area contributed by atoms with E-state index in [0.717, 1.165) is 0 Å². The van der Waals surface area contributed by atoms with E-state index in [0.29, 0.717) is 5.92 Å². The van der Waals surface area contributed by atoms with Crippen molar-refractivity contribution in [1.29, 1.82) is 0 Å². The van der Waals surface area contributed by atoms with Gasteiger partial charge in [0, 0.05) is 0 Å². The van der Waals surface area contributed by atoms with E-state index >= 15 is 0 Å². The smallest absolute Gasteiger partial charge is 0.0712 e. The molecule has 1 aliphatic carbocycles. The van der Waals surface area contributed by atoms with Crippen LogP contribution in [0.2, 0.25) is 19.6 Å². The lowest BCUT2D eigenvalue weighted by molar-refractivity contribution is 0.848. The second-order valence-electron chi connectivity index (χ2n) is 5.32. The monoisotopic (exact) mass is 194 g/mol. The van der Waals surface area contributed by atoms with Gasteiger partial charge in [-0.1, -0.05) is 42.9 Å². The van der Waals surface area contributed by atoms with Crippen LogP contribution in [-0.2, 0) is 0 Å². The van der Waals surface area contributed by atoms with Crippen molar-refractivity contribution >= 4 is 8.07 Å². The predicted molar refractivity (Wildman–Crippen MR) is 63.6 cm³/mol. The molecule has 1 heteroatoms. The van der Waals surface area contributed by atoms with E-state index in [1.165, 1.54) is 0 Å². The van der Waals surface area contributed by atoms with Crippen LogP contribution < -0.4 is 0 Å². The van der Waals surface area contributed by atoms with E-state index in [9.17, 15) is 0 Å². The van der Waals surface area contributed by atoms with Crippen molar-refractivity contribution in [2.75, 3.05) is 0 Å². The lowest BCUT2D eigenvalue weighted by Gasteiger charge is -2.25. The van der Waals surface area contributed by atoms with Crippen molar-refractivity contribution in [3.63, 3.8) is 0 Å². The second kappa shape index (κ2) is 3.12. The van der Waals surface area contributed by atoms with Gasteiger partial charge in [0.15, 0.2) is 0 Å². The van der Waals surface area contributed by atoms with Gasteiger partial charge in [0.2, 0.25) is 0 Å². The molecule has 0 spiro atoms. The molecule has 1 rings (SSSR count). The summed E-state index contributed by atoms with van der Waals surface area (Å²) in [4.78, 5) is 0. The molecule has 74 valence electrons. The van der Waals surface area contributed by atoms with Crippen molar-refractivity contribution in [3.8, 4) is 0 Å². The molecule has 1 atom stereocenters. The average Bonchev–Trinajstić information content (AvgIpc) is 2.14. The van der Waals surface area contributed by atoms with Gasteiger partial charge in [0.1, 0.15) is 0 Å². The van der Waals surface area contributed by atoms with Crippen LogP contribution in [0.5, 0.6) is 0 Å². The minimum Gasteiger partial charge on any atom is -0.0712 e. The second-order valence-corrected chi connectivity index (χ2v) is 10.4. The minimum atomic E-state index is -1.10. The molecule has 0 heterocycles. The summed E-state index contributed by atoms with van der Waals surface area (Å²) < 4.78 is 0. The Morgan fingerprint density at radius 2 is 1.38 bits per heavy atom. The number of allylic oxidation sites excluding steroid dienone is 4. The molecule has 0 amide bonds. The zero-order valence-electron chi connectivity index (χ0n) is 10.1. The standard InChI is InChI=1S/C12H22Si/c1-8-9(2)11(4)12(10(8)3)13(5,6)7/h10H,1-7H3/t10-/m0/s1. The van der Waals surface area contributed by atoms with Crippen LogP contribution in [0.1, 0.15) is 27.7 Å². The average molecular weight is 194 g/mol. The van der Waals surface area contributed by atoms with Crippen LogP contribution in [0.25, 0.3) is 0 Å². The van der Waals surface area contributed by atoms with E-state index < -0.39 is 8.07 Å². The zero-order chi connectivity index (χ0) is 10.4. The summed E-state index contributed by atoms with van der Waals surface area (Å²) in [7, 11) is -1.10. The fourth-order valence-corrected chi connectivity index (χ4v) is 5.40. The van der Waals surface area contributed by atoms with E-state index in [2.05, 4.69) is 47.3 Å². The molecule has 0 aliphatic heterocycles. The van der Waals surface area contributed by atoms with Gasteiger partial charge in [0.05, 0.1) is 8.07 Å². The van der Waals surface area contributed by atoms with Crippen LogP contribution in [0.4, 0.5) is 0 Å². The van der Waals surface area contributed by atoms with Crippen molar-refractivity contribution in [2.24, 2.45) is 5.92 Å². The van der Waals surface area contributed by atoms with Crippen molar-refractivity contribution in [2.45, 2.75) is 47.3 Å². The Hall–Kier alpha value is -0.303. The Labute approximate surface area is 83.7 Å². The maximum Gasteiger partial charge on any atom is 0.0735 e. The molecule has 0 aromatic heterocycles. The molecule has 0 radical (unpaired) electrons. The van der Waals surface area contributed by atoms with Crippen LogP contribution in [-0.4, -0.2) is 8.07 Å². The molecule has 0 unspecified atom stereocenters. The maximum absolute atomic E-state index is 2.45. The SMILES string of the molecule is CC1=C(C)[C@H](C)C([Si](C)(C)C)=C1C. The fraction of sp³-hybridized carbons (Fsp3) is 0.667. The molecule has 13 heavy (non-hydrogen) atoms. The van der Waals surface area contributed by atoms with E-state index in [4.69, 9.17) is 0 Å². The molecule has 0 aromatic carbocycles. The first-order chi connectivity index (χ1) is 5.76. The Bertz CT molecular complexity index is 287. The van der Waals surface area contributed by atoms with Gasteiger partial charge in [-0.3, -0.25) is 0 Å². The first kappa shape index (κ1) is 10.8. The molecule has 0 saturated carbocycles. The van der Waals surface area contributed by atoms with Gasteiger partial charge in [-0.15, -0.1) is 0 Å². The van der Waals surface area contributed by atoms with E-state index in [1.807, 2.05) is 0 Å². The van der Waals surface area contributed by atoms with Crippen molar-refractivity contribution < 1.29 is 0 Å². The summed E-state index contributed by atoms with van der Waals surface area (Å²) in [6, 6.07) is 0. The van der Waals surface area contributed by atoms with Gasteiger partial charge in [0.25, 0.3) is 0 Å². The number of rotatable bonds is 1. The highest BCUT2D eigenvalue weighted by molar-refractivity contribution is 6.83. The van der Waals surface area contributed by atoms with E-state index in [1.54, 1.807) is 21.9 Å². The van der Waals surface area contributed by atoms with Crippen molar-refractivity contribution in [3.05, 3.63) is 21.9 Å². The highest BCUT2D eigenvalue weighted by Gasteiger charge is 2.32. The molecule has 0 aromatic rings. The van der Waals surface area contributed by atoms with Gasteiger partial charge < -0.3 is 0 Å². The Morgan fingerprint density at radius 3 is 1.54 bits per heavy atom. The predicted octanol–water partition coefficient (Wildman–Crippen LogP) is 4.17. The van der Waals surface area contributed by atoms with Gasteiger partial charge in [-0.25, -0.2) is 0 Å². The first-order valence-electron chi connectivity index (χ1n) is 5.15. The largest absolute Gasteiger partial charge is 0.0735 e. The summed E-state index contributed by atoms with van der Waals surface area (Å²) >= 11 is 0. The summed E-state index contributed by atoms with van der Waals surface area (Å²) in [6.07, 6.45) is 0. The topological polar surface area (TPSA) is 0 Å². The number of hydrogen-bond donors (Lipinski definition) is 0. The molecule has 0 fully saturated rings. The summed E-state index contributed by atoms with van der Waals surface area (Å²) in [5.74, 6) is 0.715. The van der Waals surface area contributed by atoms with Crippen LogP contribution in [0.3, 0.4) is 0 Å². The molecule has 0 N–H and O–H groups in total. The maximum atomic E-state index is 2.45. The van der Waals surface area contributed by atoms with Crippen molar-refractivity contribution in [1.82, 2.24) is 0 Å². The first-order valence-corrected chi connectivity index (χ1v) is 8.65. The third-order valence-electron chi connectivity index (χ3n) is 3.45. The Balaban J connectivity index is 3.19. The van der Waals surface area contributed by atoms with Crippen LogP contribution in [0.15, 0.2) is 21.9 Å². The highest BCUT2D eigenvalue weighted by atomic mass is 28.3. The molecule has 0 nitrogen and oxygen atoms in total. The molecule has 0 saturated heterocycles. The molecule has 1 aliphatic rings. The molecule has 0 bridgehead atoms. The molecular weight excluding hydrogens is 172 g/mol. The van der Waals surface area contributed by atoms with Gasteiger partial charge in [-0.2, -0.15) is 0 Å². The third kappa shape index (κ3) is 1.67. The summed E-state index contributed by atoms with van der Waals surface area (Å²) in [6.45, 7) is 16.6. The summed E-state index contributed by atoms with van der Waals surface area (Å²) in [5, 5.41) is 1.77.